The van der Waals surface area contributed by atoms with Gasteiger partial charge in [-0.1, -0.05) is 48.5 Å². The zero-order valence-electron chi connectivity index (χ0n) is 16.3. The van der Waals surface area contributed by atoms with Gasteiger partial charge in [0.15, 0.2) is 6.29 Å². The third-order valence-corrected chi connectivity index (χ3v) is 5.68. The smallest absolute Gasteiger partial charge is 0.158 e. The number of rotatable bonds is 6. The summed E-state index contributed by atoms with van der Waals surface area (Å²) >= 11 is 0. The van der Waals surface area contributed by atoms with Crippen molar-refractivity contribution in [1.82, 2.24) is 9.88 Å². The summed E-state index contributed by atoms with van der Waals surface area (Å²) in [5.74, 6) is 0. The predicted molar refractivity (Wildman–Crippen MR) is 109 cm³/mol. The monoisotopic (exact) mass is 375 g/mol. The second kappa shape index (κ2) is 8.15. The fraction of sp³-hybridized carbons (Fsp3) is 0.348. The van der Waals surface area contributed by atoms with Gasteiger partial charge in [0, 0.05) is 50.2 Å². The molecule has 144 valence electrons. The molecular formula is C23H25N3O2. The Morgan fingerprint density at radius 1 is 1.11 bits per heavy atom. The van der Waals surface area contributed by atoms with Crippen LogP contribution in [-0.4, -0.2) is 36.4 Å². The molecule has 0 aliphatic carbocycles. The van der Waals surface area contributed by atoms with Crippen LogP contribution in [0.5, 0.6) is 0 Å². The van der Waals surface area contributed by atoms with Gasteiger partial charge in [0.25, 0.3) is 0 Å². The van der Waals surface area contributed by atoms with Gasteiger partial charge in [-0.05, 0) is 17.2 Å². The van der Waals surface area contributed by atoms with Gasteiger partial charge in [-0.3, -0.25) is 4.90 Å². The van der Waals surface area contributed by atoms with Gasteiger partial charge in [-0.25, -0.2) is 0 Å². The molecule has 1 aliphatic heterocycles. The van der Waals surface area contributed by atoms with Crippen molar-refractivity contribution >= 4 is 10.9 Å². The second-order valence-electron chi connectivity index (χ2n) is 7.22. The summed E-state index contributed by atoms with van der Waals surface area (Å²) in [6, 6.07) is 21.0. The van der Waals surface area contributed by atoms with E-state index >= 15 is 0 Å². The molecule has 4 rings (SSSR count). The molecule has 28 heavy (non-hydrogen) atoms. The van der Waals surface area contributed by atoms with Gasteiger partial charge in [0.1, 0.15) is 6.04 Å². The van der Waals surface area contributed by atoms with Crippen LogP contribution in [0.25, 0.3) is 10.9 Å². The standard InChI is InChI=1S/C23H25N3O2/c1-27-22(28-2)13-21-23-19(18-10-6-7-11-20(18)25-23)12-17(14-24)26(21)15-16-8-4-3-5-9-16/h3-11,17,21-22,25H,12-13,15H2,1-2H3/t17-,21+/m0/s1. The minimum Gasteiger partial charge on any atom is -0.357 e. The Labute approximate surface area is 165 Å². The number of para-hydroxylation sites is 1. The van der Waals surface area contributed by atoms with Crippen LogP contribution in [0, 0.1) is 11.3 Å². The van der Waals surface area contributed by atoms with Crippen molar-refractivity contribution in [2.75, 3.05) is 14.2 Å². The molecule has 1 aliphatic rings. The van der Waals surface area contributed by atoms with Crippen LogP contribution in [-0.2, 0) is 22.4 Å². The van der Waals surface area contributed by atoms with Crippen molar-refractivity contribution in [1.29, 1.82) is 5.26 Å². The van der Waals surface area contributed by atoms with Crippen molar-refractivity contribution in [2.45, 2.75) is 37.8 Å². The van der Waals surface area contributed by atoms with Crippen molar-refractivity contribution < 1.29 is 9.47 Å². The molecule has 0 radical (unpaired) electrons. The summed E-state index contributed by atoms with van der Waals surface area (Å²) in [6.07, 6.45) is 1.03. The Morgan fingerprint density at radius 3 is 2.54 bits per heavy atom. The Balaban J connectivity index is 1.79. The van der Waals surface area contributed by atoms with E-state index in [9.17, 15) is 5.26 Å². The summed E-state index contributed by atoms with van der Waals surface area (Å²) < 4.78 is 11.0. The number of aromatic amines is 1. The summed E-state index contributed by atoms with van der Waals surface area (Å²) in [5.41, 5.74) is 4.71. The van der Waals surface area contributed by atoms with E-state index in [2.05, 4.69) is 46.3 Å². The molecule has 0 fully saturated rings. The van der Waals surface area contributed by atoms with Gasteiger partial charge >= 0.3 is 0 Å². The number of nitrogens with one attached hydrogen (secondary N) is 1. The van der Waals surface area contributed by atoms with Crippen LogP contribution in [0.3, 0.4) is 0 Å². The largest absolute Gasteiger partial charge is 0.357 e. The zero-order chi connectivity index (χ0) is 19.5. The number of hydrogen-bond donors (Lipinski definition) is 1. The first-order chi connectivity index (χ1) is 13.7. The van der Waals surface area contributed by atoms with E-state index < -0.39 is 0 Å². The molecule has 5 nitrogen and oxygen atoms in total. The molecule has 1 aromatic heterocycles. The molecule has 1 N–H and O–H groups in total. The van der Waals surface area contributed by atoms with Crippen molar-refractivity contribution in [3.05, 3.63) is 71.4 Å². The number of benzene rings is 2. The van der Waals surface area contributed by atoms with Crippen LogP contribution in [0.2, 0.25) is 0 Å². The minimum absolute atomic E-state index is 0.00547. The van der Waals surface area contributed by atoms with E-state index in [4.69, 9.17) is 9.47 Å². The lowest BCUT2D eigenvalue weighted by Crippen LogP contribution is -2.44. The van der Waals surface area contributed by atoms with Crippen LogP contribution in [0.15, 0.2) is 54.6 Å². The maximum atomic E-state index is 9.98. The normalized spacial score (nSPS) is 19.6. The molecule has 2 heterocycles. The summed E-state index contributed by atoms with van der Waals surface area (Å²) in [6.45, 7) is 0.707. The molecule has 3 aromatic rings. The topological polar surface area (TPSA) is 61.3 Å². The van der Waals surface area contributed by atoms with Crippen LogP contribution < -0.4 is 0 Å². The van der Waals surface area contributed by atoms with Gasteiger partial charge in [-0.15, -0.1) is 0 Å². The predicted octanol–water partition coefficient (Wildman–Crippen LogP) is 4.17. The number of aromatic nitrogens is 1. The van der Waals surface area contributed by atoms with Crippen LogP contribution in [0.4, 0.5) is 0 Å². The Morgan fingerprint density at radius 2 is 1.82 bits per heavy atom. The first-order valence-electron chi connectivity index (χ1n) is 9.59. The number of hydrogen-bond acceptors (Lipinski definition) is 4. The molecule has 0 unspecified atom stereocenters. The highest BCUT2D eigenvalue weighted by molar-refractivity contribution is 5.85. The van der Waals surface area contributed by atoms with Gasteiger partial charge in [0.2, 0.25) is 0 Å². The lowest BCUT2D eigenvalue weighted by atomic mass is 9.90. The highest BCUT2D eigenvalue weighted by Crippen LogP contribution is 2.40. The molecule has 0 amide bonds. The van der Waals surface area contributed by atoms with E-state index in [-0.39, 0.29) is 18.4 Å². The second-order valence-corrected chi connectivity index (χ2v) is 7.22. The molecule has 0 bridgehead atoms. The third kappa shape index (κ3) is 3.43. The number of nitriles is 1. The number of ether oxygens (including phenoxy) is 2. The van der Waals surface area contributed by atoms with Crippen LogP contribution in [0.1, 0.15) is 29.3 Å². The fourth-order valence-corrected chi connectivity index (χ4v) is 4.28. The zero-order valence-corrected chi connectivity index (χ0v) is 16.3. The molecule has 2 aromatic carbocycles. The molecule has 2 atom stereocenters. The van der Waals surface area contributed by atoms with Gasteiger partial charge in [-0.2, -0.15) is 5.26 Å². The molecule has 0 saturated carbocycles. The fourth-order valence-electron chi connectivity index (χ4n) is 4.28. The Bertz CT molecular complexity index is 972. The maximum absolute atomic E-state index is 9.98. The third-order valence-electron chi connectivity index (χ3n) is 5.68. The van der Waals surface area contributed by atoms with Crippen molar-refractivity contribution in [3.63, 3.8) is 0 Å². The minimum atomic E-state index is -0.333. The summed E-state index contributed by atoms with van der Waals surface area (Å²) in [4.78, 5) is 5.89. The summed E-state index contributed by atoms with van der Waals surface area (Å²) in [7, 11) is 3.32. The summed E-state index contributed by atoms with van der Waals surface area (Å²) in [5, 5.41) is 11.2. The maximum Gasteiger partial charge on any atom is 0.158 e. The highest BCUT2D eigenvalue weighted by Gasteiger charge is 2.38. The average molecular weight is 375 g/mol. The van der Waals surface area contributed by atoms with E-state index in [1.165, 1.54) is 22.2 Å². The highest BCUT2D eigenvalue weighted by atomic mass is 16.7. The van der Waals surface area contributed by atoms with E-state index in [1.807, 2.05) is 24.3 Å². The van der Waals surface area contributed by atoms with E-state index in [1.54, 1.807) is 14.2 Å². The SMILES string of the molecule is COC(C[C@@H]1c2[nH]c3ccccc3c2C[C@@H](C#N)N1Cc1ccccc1)OC. The van der Waals surface area contributed by atoms with Crippen LogP contribution >= 0.6 is 0 Å². The molecular weight excluding hydrogens is 350 g/mol. The average Bonchev–Trinajstić information content (AvgIpc) is 3.12. The van der Waals surface area contributed by atoms with Gasteiger partial charge in [0.05, 0.1) is 12.1 Å². The Hall–Kier alpha value is -2.65. The first kappa shape index (κ1) is 18.7. The number of nitrogens with zero attached hydrogens (tertiary/aromatic N) is 2. The van der Waals surface area contributed by atoms with Crippen molar-refractivity contribution in [3.8, 4) is 6.07 Å². The molecule has 0 spiro atoms. The Kier molecular flexibility index (Phi) is 5.45. The van der Waals surface area contributed by atoms with Gasteiger partial charge < -0.3 is 14.5 Å². The molecule has 5 heteroatoms. The lowest BCUT2D eigenvalue weighted by molar-refractivity contribution is -0.120. The lowest BCUT2D eigenvalue weighted by Gasteiger charge is -2.40. The number of methoxy groups -OCH3 is 2. The number of fused-ring (bicyclic) bond motifs is 3. The quantitative estimate of drug-likeness (QED) is 0.657. The first-order valence-corrected chi connectivity index (χ1v) is 9.59. The number of H-pyrrole nitrogens is 1. The van der Waals surface area contributed by atoms with E-state index in [0.29, 0.717) is 19.4 Å². The van der Waals surface area contributed by atoms with Crippen molar-refractivity contribution in [2.24, 2.45) is 0 Å². The van der Waals surface area contributed by atoms with E-state index in [0.717, 1.165) is 5.52 Å². The molecule has 0 saturated heterocycles.